The number of rotatable bonds is 8. The van der Waals surface area contributed by atoms with E-state index in [0.717, 1.165) is 0 Å². The molecule has 1 aromatic rings. The second kappa shape index (κ2) is 10.1. The molecule has 0 fully saturated rings. The van der Waals surface area contributed by atoms with Crippen molar-refractivity contribution < 1.29 is 23.5 Å². The van der Waals surface area contributed by atoms with Crippen LogP contribution in [0.25, 0.3) is 0 Å². The molecular weight excluding hydrogens is 341 g/mol. The maximum Gasteiger partial charge on any atom is 0.328 e. The van der Waals surface area contributed by atoms with Gasteiger partial charge in [-0.05, 0) is 25.0 Å². The van der Waals surface area contributed by atoms with Gasteiger partial charge in [-0.3, -0.25) is 9.59 Å². The fourth-order valence-corrected chi connectivity index (χ4v) is 2.37. The lowest BCUT2D eigenvalue weighted by Crippen LogP contribution is -2.52. The molecule has 0 saturated heterocycles. The van der Waals surface area contributed by atoms with E-state index in [4.69, 9.17) is 5.26 Å². The zero-order valence-corrected chi connectivity index (χ0v) is 14.9. The van der Waals surface area contributed by atoms with Crippen LogP contribution in [-0.4, -0.2) is 37.0 Å². The van der Waals surface area contributed by atoms with Crippen LogP contribution in [0.1, 0.15) is 25.8 Å². The van der Waals surface area contributed by atoms with Crippen molar-refractivity contribution in [3.05, 3.63) is 35.6 Å². The highest BCUT2D eigenvalue weighted by atomic mass is 19.1. The molecule has 0 bridgehead atoms. The van der Waals surface area contributed by atoms with Crippen LogP contribution in [0.5, 0.6) is 0 Å². The van der Waals surface area contributed by atoms with Gasteiger partial charge < -0.3 is 15.4 Å². The number of methoxy groups -OCH3 is 1. The third-order valence-electron chi connectivity index (χ3n) is 3.69. The summed E-state index contributed by atoms with van der Waals surface area (Å²) in [6.07, 6.45) is -0.0266. The predicted octanol–water partition coefficient (Wildman–Crippen LogP) is 1.08. The van der Waals surface area contributed by atoms with Crippen molar-refractivity contribution in [1.29, 1.82) is 5.26 Å². The normalized spacial score (nSPS) is 13.7. The van der Waals surface area contributed by atoms with Gasteiger partial charge in [0.1, 0.15) is 17.9 Å². The van der Waals surface area contributed by atoms with Gasteiger partial charge in [0.05, 0.1) is 13.2 Å². The minimum absolute atomic E-state index is 0.0569. The van der Waals surface area contributed by atoms with E-state index in [0.29, 0.717) is 0 Å². The lowest BCUT2D eigenvalue weighted by molar-refractivity contribution is -0.145. The number of esters is 1. The molecule has 0 heterocycles. The van der Waals surface area contributed by atoms with Crippen LogP contribution in [-0.2, 0) is 25.5 Å². The number of amides is 2. The number of hydrogen-bond acceptors (Lipinski definition) is 5. The Kier molecular flexibility index (Phi) is 8.22. The van der Waals surface area contributed by atoms with Gasteiger partial charge in [0.25, 0.3) is 0 Å². The molecule has 3 atom stereocenters. The maximum atomic E-state index is 13.9. The van der Waals surface area contributed by atoms with Crippen molar-refractivity contribution in [2.45, 2.75) is 38.8 Å². The Morgan fingerprint density at radius 1 is 1.23 bits per heavy atom. The highest BCUT2D eigenvalue weighted by Crippen LogP contribution is 2.11. The van der Waals surface area contributed by atoms with Crippen LogP contribution in [0.15, 0.2) is 24.3 Å². The molecule has 0 aliphatic heterocycles. The van der Waals surface area contributed by atoms with Gasteiger partial charge >= 0.3 is 5.97 Å². The molecule has 0 unspecified atom stereocenters. The fourth-order valence-electron chi connectivity index (χ4n) is 2.37. The molecule has 8 heteroatoms. The van der Waals surface area contributed by atoms with Crippen LogP contribution in [0.2, 0.25) is 0 Å². The zero-order chi connectivity index (χ0) is 19.7. The van der Waals surface area contributed by atoms with Crippen molar-refractivity contribution in [2.75, 3.05) is 7.11 Å². The first kappa shape index (κ1) is 21.1. The number of carbonyl (C=O) groups is 3. The van der Waals surface area contributed by atoms with Gasteiger partial charge in [0, 0.05) is 19.3 Å². The number of hydrogen-bond donors (Lipinski definition) is 2. The average molecular weight is 363 g/mol. The summed E-state index contributed by atoms with van der Waals surface area (Å²) in [5.41, 5.74) is 0.251. The van der Waals surface area contributed by atoms with E-state index < -0.39 is 41.6 Å². The van der Waals surface area contributed by atoms with E-state index in [2.05, 4.69) is 15.4 Å². The summed E-state index contributed by atoms with van der Waals surface area (Å²) in [7, 11) is 1.17. The fraction of sp³-hybridized carbons (Fsp3) is 0.444. The largest absolute Gasteiger partial charge is 0.467 e. The lowest BCUT2D eigenvalue weighted by atomic mass is 10.0. The summed E-state index contributed by atoms with van der Waals surface area (Å²) in [5, 5.41) is 13.8. The number of nitrogens with zero attached hydrogens (tertiary/aromatic N) is 1. The first-order valence-corrected chi connectivity index (χ1v) is 8.06. The van der Waals surface area contributed by atoms with Crippen molar-refractivity contribution in [1.82, 2.24) is 10.6 Å². The Bertz CT molecular complexity index is 702. The number of nitrogens with one attached hydrogen (secondary N) is 2. The highest BCUT2D eigenvalue weighted by molar-refractivity contribution is 5.90. The van der Waals surface area contributed by atoms with E-state index in [1.54, 1.807) is 13.0 Å². The number of nitriles is 1. The molecular formula is C18H22FN3O4. The minimum atomic E-state index is -1.08. The molecule has 140 valence electrons. The summed E-state index contributed by atoms with van der Waals surface area (Å²) in [6.45, 7) is 2.84. The molecule has 0 saturated carbocycles. The van der Waals surface area contributed by atoms with Crippen LogP contribution in [0, 0.1) is 23.1 Å². The quantitative estimate of drug-likeness (QED) is 0.672. The third-order valence-corrected chi connectivity index (χ3v) is 3.69. The third kappa shape index (κ3) is 6.51. The van der Waals surface area contributed by atoms with Crippen LogP contribution < -0.4 is 10.6 Å². The highest BCUT2D eigenvalue weighted by Gasteiger charge is 2.28. The van der Waals surface area contributed by atoms with Gasteiger partial charge in [-0.25, -0.2) is 9.18 Å². The molecule has 2 N–H and O–H groups in total. The Morgan fingerprint density at radius 2 is 1.88 bits per heavy atom. The first-order valence-electron chi connectivity index (χ1n) is 8.06. The molecule has 0 aliphatic carbocycles. The molecule has 26 heavy (non-hydrogen) atoms. The Balaban J connectivity index is 2.96. The summed E-state index contributed by atoms with van der Waals surface area (Å²) in [5.74, 6) is -2.83. The van der Waals surface area contributed by atoms with E-state index in [1.807, 2.05) is 6.07 Å². The van der Waals surface area contributed by atoms with Crippen molar-refractivity contribution in [3.8, 4) is 6.07 Å². The summed E-state index contributed by atoms with van der Waals surface area (Å²) in [4.78, 5) is 35.8. The lowest BCUT2D eigenvalue weighted by Gasteiger charge is -2.22. The van der Waals surface area contributed by atoms with Crippen LogP contribution in [0.3, 0.4) is 0 Å². The minimum Gasteiger partial charge on any atom is -0.467 e. The molecule has 0 spiro atoms. The van der Waals surface area contributed by atoms with Gasteiger partial charge in [-0.15, -0.1) is 0 Å². The average Bonchev–Trinajstić information content (AvgIpc) is 2.60. The molecule has 1 rings (SSSR count). The molecule has 7 nitrogen and oxygen atoms in total. The van der Waals surface area contributed by atoms with Crippen molar-refractivity contribution in [2.24, 2.45) is 5.92 Å². The van der Waals surface area contributed by atoms with Gasteiger partial charge in [-0.2, -0.15) is 5.26 Å². The smallest absolute Gasteiger partial charge is 0.328 e. The van der Waals surface area contributed by atoms with Gasteiger partial charge in [-0.1, -0.05) is 18.2 Å². The van der Waals surface area contributed by atoms with Crippen LogP contribution in [0.4, 0.5) is 4.39 Å². The van der Waals surface area contributed by atoms with E-state index in [9.17, 15) is 18.8 Å². The molecule has 0 radical (unpaired) electrons. The monoisotopic (exact) mass is 363 g/mol. The van der Waals surface area contributed by atoms with E-state index >= 15 is 0 Å². The topological polar surface area (TPSA) is 108 Å². The number of halogens is 1. The Hall–Kier alpha value is -2.95. The molecule has 1 aromatic carbocycles. The Morgan fingerprint density at radius 3 is 2.42 bits per heavy atom. The standard InChI is InChI=1S/C18H22FN3O4/c1-11(10-20)8-16(18(25)26-3)22-17(24)15(21-12(2)23)9-13-6-4-5-7-14(13)19/h4-7,11,15-16H,8-9H2,1-3H3,(H,21,23)(H,22,24)/t11-,15+,16+/m0/s1. The molecule has 0 aliphatic rings. The Labute approximate surface area is 151 Å². The number of benzene rings is 1. The number of ether oxygens (including phenoxy) is 1. The van der Waals surface area contributed by atoms with Crippen molar-refractivity contribution >= 4 is 17.8 Å². The van der Waals surface area contributed by atoms with Crippen LogP contribution >= 0.6 is 0 Å². The zero-order valence-electron chi connectivity index (χ0n) is 14.9. The number of carbonyl (C=O) groups excluding carboxylic acids is 3. The first-order chi connectivity index (χ1) is 12.3. The van der Waals surface area contributed by atoms with E-state index in [-0.39, 0.29) is 18.4 Å². The second-order valence-corrected chi connectivity index (χ2v) is 5.90. The summed E-state index contributed by atoms with van der Waals surface area (Å²) in [6, 6.07) is 5.76. The SMILES string of the molecule is COC(=O)[C@@H](C[C@H](C)C#N)NC(=O)[C@@H](Cc1ccccc1F)NC(C)=O. The molecule has 0 aromatic heterocycles. The summed E-state index contributed by atoms with van der Waals surface area (Å²) < 4.78 is 18.5. The summed E-state index contributed by atoms with van der Waals surface area (Å²) >= 11 is 0. The van der Waals surface area contributed by atoms with Gasteiger partial charge in [0.15, 0.2) is 0 Å². The second-order valence-electron chi connectivity index (χ2n) is 5.90. The van der Waals surface area contributed by atoms with Gasteiger partial charge in [0.2, 0.25) is 11.8 Å². The predicted molar refractivity (Wildman–Crippen MR) is 91.0 cm³/mol. The molecule has 2 amide bonds. The van der Waals surface area contributed by atoms with Crippen molar-refractivity contribution in [3.63, 3.8) is 0 Å². The maximum absolute atomic E-state index is 13.9. The van der Waals surface area contributed by atoms with E-state index in [1.165, 1.54) is 32.2 Å².